The summed E-state index contributed by atoms with van der Waals surface area (Å²) in [5.41, 5.74) is -0.608. The minimum Gasteiger partial charge on any atom is -0.337 e. The maximum atomic E-state index is 12.0. The number of rotatable bonds is 4. The van der Waals surface area contributed by atoms with Crippen molar-refractivity contribution in [1.29, 1.82) is 5.26 Å². The van der Waals surface area contributed by atoms with Crippen LogP contribution < -0.4 is 5.32 Å². The van der Waals surface area contributed by atoms with Crippen molar-refractivity contribution in [2.45, 2.75) is 37.3 Å². The molecule has 20 heavy (non-hydrogen) atoms. The molecule has 2 aliphatic rings. The molecular weight excluding hydrogens is 254 g/mol. The van der Waals surface area contributed by atoms with Crippen LogP contribution >= 0.6 is 0 Å². The number of nitriles is 1. The first-order valence-corrected chi connectivity index (χ1v) is 7.14. The highest BCUT2D eigenvalue weighted by molar-refractivity contribution is 5.79. The van der Waals surface area contributed by atoms with Gasteiger partial charge < -0.3 is 5.32 Å². The number of hydrogen-bond donors (Lipinski definition) is 1. The first-order chi connectivity index (χ1) is 9.71. The fourth-order valence-electron chi connectivity index (χ4n) is 3.09. The lowest BCUT2D eigenvalue weighted by molar-refractivity contribution is -0.125. The lowest BCUT2D eigenvalue weighted by Gasteiger charge is -2.39. The van der Waals surface area contributed by atoms with Crippen molar-refractivity contribution in [3.05, 3.63) is 18.5 Å². The van der Waals surface area contributed by atoms with Crippen molar-refractivity contribution in [3.8, 4) is 6.07 Å². The Morgan fingerprint density at radius 2 is 2.20 bits per heavy atom. The van der Waals surface area contributed by atoms with Gasteiger partial charge in [-0.25, -0.2) is 0 Å². The molecule has 0 bridgehead atoms. The molecule has 0 unspecified atom stereocenters. The van der Waals surface area contributed by atoms with Crippen LogP contribution in [0.25, 0.3) is 0 Å². The van der Waals surface area contributed by atoms with E-state index in [0.717, 1.165) is 38.8 Å². The summed E-state index contributed by atoms with van der Waals surface area (Å²) in [6, 6.07) is 4.56. The Hall–Kier alpha value is -1.87. The normalized spacial score (nSPS) is 22.1. The van der Waals surface area contributed by atoms with Crippen LogP contribution in [0.5, 0.6) is 0 Å². The van der Waals surface area contributed by atoms with Gasteiger partial charge >= 0.3 is 0 Å². The minimum absolute atomic E-state index is 0.0348. The van der Waals surface area contributed by atoms with Gasteiger partial charge in [-0.15, -0.1) is 0 Å². The molecule has 3 rings (SSSR count). The van der Waals surface area contributed by atoms with E-state index in [1.54, 1.807) is 6.20 Å². The van der Waals surface area contributed by atoms with Crippen molar-refractivity contribution >= 4 is 5.91 Å². The Balaban J connectivity index is 1.46. The molecule has 6 nitrogen and oxygen atoms in total. The monoisotopic (exact) mass is 273 g/mol. The Kier molecular flexibility index (Phi) is 3.45. The molecule has 1 saturated carbocycles. The van der Waals surface area contributed by atoms with Gasteiger partial charge in [0.05, 0.1) is 18.7 Å². The zero-order valence-electron chi connectivity index (χ0n) is 11.5. The molecule has 1 saturated heterocycles. The van der Waals surface area contributed by atoms with Crippen LogP contribution in [0.2, 0.25) is 0 Å². The largest absolute Gasteiger partial charge is 0.337 e. The maximum absolute atomic E-state index is 12.0. The van der Waals surface area contributed by atoms with E-state index in [2.05, 4.69) is 21.4 Å². The van der Waals surface area contributed by atoms with E-state index in [1.165, 1.54) is 0 Å². The van der Waals surface area contributed by atoms with Crippen LogP contribution in [0.4, 0.5) is 0 Å². The number of nitrogens with one attached hydrogen (secondary N) is 1. The van der Waals surface area contributed by atoms with Crippen LogP contribution in [0, 0.1) is 11.3 Å². The van der Waals surface area contributed by atoms with Crippen LogP contribution in [0.15, 0.2) is 18.5 Å². The summed E-state index contributed by atoms with van der Waals surface area (Å²) in [6.07, 6.45) is 7.34. The molecule has 1 aliphatic heterocycles. The van der Waals surface area contributed by atoms with Crippen molar-refractivity contribution < 1.29 is 4.79 Å². The minimum atomic E-state index is -0.608. The van der Waals surface area contributed by atoms with Gasteiger partial charge in [0, 0.05) is 25.5 Å². The predicted molar refractivity (Wildman–Crippen MR) is 72.7 cm³/mol. The highest BCUT2D eigenvalue weighted by Gasteiger charge is 2.37. The maximum Gasteiger partial charge on any atom is 0.235 e. The van der Waals surface area contributed by atoms with E-state index in [4.69, 9.17) is 0 Å². The van der Waals surface area contributed by atoms with Gasteiger partial charge in [0.2, 0.25) is 5.91 Å². The average Bonchev–Trinajstić information content (AvgIpc) is 3.04. The van der Waals surface area contributed by atoms with Crippen LogP contribution in [-0.2, 0) is 4.79 Å². The second-order valence-corrected chi connectivity index (χ2v) is 5.78. The van der Waals surface area contributed by atoms with Crippen molar-refractivity contribution in [2.24, 2.45) is 0 Å². The predicted octanol–water partition coefficient (Wildman–Crippen LogP) is 0.692. The fraction of sp³-hybridized carbons (Fsp3) is 0.643. The second kappa shape index (κ2) is 5.25. The Bertz CT molecular complexity index is 506. The summed E-state index contributed by atoms with van der Waals surface area (Å²) in [6.45, 7) is 2.06. The molecule has 1 amide bonds. The summed E-state index contributed by atoms with van der Waals surface area (Å²) in [5.74, 6) is -0.0348. The average molecular weight is 273 g/mol. The fourth-order valence-corrected chi connectivity index (χ4v) is 3.09. The molecule has 0 radical (unpaired) electrons. The molecule has 1 N–H and O–H groups in total. The number of aromatic nitrogens is 2. The standard InChI is InChI=1S/C14H19N5O/c15-11-14(4-1-2-5-14)17-13(20)10-18-8-12(9-18)19-7-3-6-16-19/h3,6-7,12H,1-2,4-5,8-10H2,(H,17,20). The summed E-state index contributed by atoms with van der Waals surface area (Å²) in [4.78, 5) is 14.1. The molecular formula is C14H19N5O. The van der Waals surface area contributed by atoms with Gasteiger partial charge in [-0.05, 0) is 31.7 Å². The van der Waals surface area contributed by atoms with Gasteiger partial charge in [-0.2, -0.15) is 10.4 Å². The number of carbonyl (C=O) groups is 1. The van der Waals surface area contributed by atoms with E-state index in [0.29, 0.717) is 12.6 Å². The number of likely N-dealkylation sites (tertiary alicyclic amines) is 1. The summed E-state index contributed by atoms with van der Waals surface area (Å²) < 4.78 is 1.93. The Labute approximate surface area is 118 Å². The molecule has 106 valence electrons. The topological polar surface area (TPSA) is 74.0 Å². The molecule has 0 aromatic carbocycles. The van der Waals surface area contributed by atoms with Crippen molar-refractivity contribution in [2.75, 3.05) is 19.6 Å². The lowest BCUT2D eigenvalue weighted by Crippen LogP contribution is -2.54. The number of hydrogen-bond acceptors (Lipinski definition) is 4. The molecule has 0 spiro atoms. The lowest BCUT2D eigenvalue weighted by atomic mass is 10.00. The molecule has 2 fully saturated rings. The quantitative estimate of drug-likeness (QED) is 0.876. The van der Waals surface area contributed by atoms with Gasteiger partial charge in [-0.1, -0.05) is 0 Å². The zero-order valence-corrected chi connectivity index (χ0v) is 11.5. The third-order valence-electron chi connectivity index (χ3n) is 4.25. The third kappa shape index (κ3) is 2.54. The van der Waals surface area contributed by atoms with E-state index >= 15 is 0 Å². The second-order valence-electron chi connectivity index (χ2n) is 5.78. The van der Waals surface area contributed by atoms with E-state index in [-0.39, 0.29) is 5.91 Å². The highest BCUT2D eigenvalue weighted by atomic mass is 16.2. The molecule has 1 aliphatic carbocycles. The third-order valence-corrected chi connectivity index (χ3v) is 4.25. The Morgan fingerprint density at radius 3 is 2.80 bits per heavy atom. The molecule has 0 atom stereocenters. The highest BCUT2D eigenvalue weighted by Crippen LogP contribution is 2.29. The van der Waals surface area contributed by atoms with Gasteiger partial charge in [0.1, 0.15) is 5.54 Å². The number of nitrogens with zero attached hydrogens (tertiary/aromatic N) is 4. The first-order valence-electron chi connectivity index (χ1n) is 7.14. The van der Waals surface area contributed by atoms with E-state index in [9.17, 15) is 10.1 Å². The zero-order chi connectivity index (χ0) is 14.0. The number of amides is 1. The van der Waals surface area contributed by atoms with Crippen molar-refractivity contribution in [1.82, 2.24) is 20.0 Å². The Morgan fingerprint density at radius 1 is 1.45 bits per heavy atom. The first kappa shape index (κ1) is 13.1. The smallest absolute Gasteiger partial charge is 0.235 e. The summed E-state index contributed by atoms with van der Waals surface area (Å²) in [7, 11) is 0. The summed E-state index contributed by atoms with van der Waals surface area (Å²) in [5, 5.41) is 16.4. The molecule has 1 aromatic rings. The molecule has 2 heterocycles. The SMILES string of the molecule is N#CC1(NC(=O)CN2CC(n3cccn3)C2)CCCC1. The van der Waals surface area contributed by atoms with Crippen LogP contribution in [-0.4, -0.2) is 45.8 Å². The molecule has 6 heteroatoms. The van der Waals surface area contributed by atoms with Gasteiger partial charge in [-0.3, -0.25) is 14.4 Å². The number of carbonyl (C=O) groups excluding carboxylic acids is 1. The van der Waals surface area contributed by atoms with Crippen LogP contribution in [0.1, 0.15) is 31.7 Å². The van der Waals surface area contributed by atoms with Gasteiger partial charge in [0.15, 0.2) is 0 Å². The van der Waals surface area contributed by atoms with E-state index in [1.807, 2.05) is 16.9 Å². The van der Waals surface area contributed by atoms with Crippen LogP contribution in [0.3, 0.4) is 0 Å². The summed E-state index contributed by atoms with van der Waals surface area (Å²) >= 11 is 0. The molecule has 1 aromatic heterocycles. The van der Waals surface area contributed by atoms with Gasteiger partial charge in [0.25, 0.3) is 0 Å². The van der Waals surface area contributed by atoms with Crippen molar-refractivity contribution in [3.63, 3.8) is 0 Å². The van der Waals surface area contributed by atoms with E-state index < -0.39 is 5.54 Å².